The molecule has 0 fully saturated rings. The predicted molar refractivity (Wildman–Crippen MR) is 120 cm³/mol. The van der Waals surface area contributed by atoms with E-state index in [9.17, 15) is 10.1 Å². The van der Waals surface area contributed by atoms with Crippen LogP contribution in [0.25, 0.3) is 15.7 Å². The van der Waals surface area contributed by atoms with Crippen LogP contribution in [0.5, 0.6) is 0 Å². The van der Waals surface area contributed by atoms with Crippen LogP contribution >= 0.6 is 0 Å². The van der Waals surface area contributed by atoms with Crippen LogP contribution in [0.4, 0.5) is 10.6 Å². The number of carbonyl (C=O) groups is 1. The third-order valence-corrected chi connectivity index (χ3v) is 5.03. The molecule has 0 amide bonds. The van der Waals surface area contributed by atoms with Crippen molar-refractivity contribution in [2.75, 3.05) is 11.9 Å². The van der Waals surface area contributed by atoms with Crippen LogP contribution in [-0.2, 0) is 4.74 Å². The van der Waals surface area contributed by atoms with Crippen molar-refractivity contribution in [3.63, 3.8) is 0 Å². The molecule has 1 aromatic heterocycles. The Morgan fingerprint density at radius 2 is 2.10 bits per heavy atom. The number of ether oxygens (including phenoxy) is 1. The zero-order valence-corrected chi connectivity index (χ0v) is 18.6. The summed E-state index contributed by atoms with van der Waals surface area (Å²) in [6.45, 7) is 19.2. The summed E-state index contributed by atoms with van der Waals surface area (Å²) in [5, 5.41) is 18.1. The molecule has 0 saturated heterocycles. The number of aliphatic imine (C=N–C) groups is 1. The molecule has 1 N–H and O–H groups in total. The summed E-state index contributed by atoms with van der Waals surface area (Å²) in [6, 6.07) is 7.83. The van der Waals surface area contributed by atoms with E-state index in [0.717, 1.165) is 10.9 Å². The molecule has 0 aliphatic carbocycles. The van der Waals surface area contributed by atoms with Crippen molar-refractivity contribution in [2.24, 2.45) is 10.9 Å². The summed E-state index contributed by atoms with van der Waals surface area (Å²) in [5.74, 6) is -0.414. The predicted octanol–water partition coefficient (Wildman–Crippen LogP) is 5.10. The molecule has 2 heterocycles. The monoisotopic (exact) mass is 418 g/mol. The van der Waals surface area contributed by atoms with E-state index in [1.165, 1.54) is 4.68 Å². The SMILES string of the molecule is [C-]#[N+]C1=C(C)N=C(C)C(C#N)C1c1ccc2c(c1)c(NCC)nn2C(=O)OC(C)(C)C. The summed E-state index contributed by atoms with van der Waals surface area (Å²) >= 11 is 0. The second-order valence-electron chi connectivity index (χ2n) is 8.47. The number of nitriles is 1. The van der Waals surface area contributed by atoms with E-state index in [-0.39, 0.29) is 0 Å². The zero-order valence-electron chi connectivity index (χ0n) is 18.6. The first kappa shape index (κ1) is 22.0. The molecular weight excluding hydrogens is 392 g/mol. The largest absolute Gasteiger partial charge is 0.442 e. The molecule has 1 aliphatic heterocycles. The number of nitrogens with zero attached hydrogens (tertiary/aromatic N) is 5. The molecule has 31 heavy (non-hydrogen) atoms. The highest BCUT2D eigenvalue weighted by Gasteiger charge is 2.35. The lowest BCUT2D eigenvalue weighted by molar-refractivity contribution is 0.0523. The Balaban J connectivity index is 2.18. The quantitative estimate of drug-likeness (QED) is 0.700. The average Bonchev–Trinajstić information content (AvgIpc) is 3.04. The van der Waals surface area contributed by atoms with E-state index < -0.39 is 23.5 Å². The minimum atomic E-state index is -0.653. The lowest BCUT2D eigenvalue weighted by Crippen LogP contribution is -2.27. The molecular formula is C23H26N6O2. The van der Waals surface area contributed by atoms with E-state index in [4.69, 9.17) is 11.3 Å². The summed E-state index contributed by atoms with van der Waals surface area (Å²) in [6.07, 6.45) is -0.567. The van der Waals surface area contributed by atoms with Gasteiger partial charge in [0.15, 0.2) is 11.5 Å². The molecule has 160 valence electrons. The third kappa shape index (κ3) is 4.15. The first-order chi connectivity index (χ1) is 14.6. The molecule has 3 rings (SSSR count). The fourth-order valence-electron chi connectivity index (χ4n) is 3.76. The zero-order chi connectivity index (χ0) is 22.9. The molecule has 2 atom stereocenters. The summed E-state index contributed by atoms with van der Waals surface area (Å²) in [7, 11) is 0. The van der Waals surface area contributed by atoms with Crippen molar-refractivity contribution in [3.8, 4) is 6.07 Å². The molecule has 1 aliphatic rings. The van der Waals surface area contributed by atoms with E-state index in [1.54, 1.807) is 33.8 Å². The van der Waals surface area contributed by atoms with E-state index in [2.05, 4.69) is 26.3 Å². The summed E-state index contributed by atoms with van der Waals surface area (Å²) < 4.78 is 6.74. The normalized spacial score (nSPS) is 18.9. The van der Waals surface area contributed by atoms with Gasteiger partial charge < -0.3 is 10.1 Å². The number of rotatable bonds is 3. The highest BCUT2D eigenvalue weighted by molar-refractivity contribution is 5.96. The molecule has 0 radical (unpaired) electrons. The second-order valence-corrected chi connectivity index (χ2v) is 8.47. The van der Waals surface area contributed by atoms with Crippen molar-refractivity contribution >= 4 is 28.5 Å². The van der Waals surface area contributed by atoms with E-state index in [0.29, 0.717) is 35.0 Å². The third-order valence-electron chi connectivity index (χ3n) is 5.03. The van der Waals surface area contributed by atoms with E-state index >= 15 is 0 Å². The van der Waals surface area contributed by atoms with E-state index in [1.807, 2.05) is 26.0 Å². The van der Waals surface area contributed by atoms with Gasteiger partial charge in [-0.15, -0.1) is 5.10 Å². The van der Waals surface area contributed by atoms with Crippen molar-refractivity contribution in [3.05, 3.63) is 46.6 Å². The average molecular weight is 419 g/mol. The highest BCUT2D eigenvalue weighted by atomic mass is 16.6. The van der Waals surface area contributed by atoms with Gasteiger partial charge in [0.2, 0.25) is 0 Å². The number of aromatic nitrogens is 2. The van der Waals surface area contributed by atoms with Crippen LogP contribution in [-0.4, -0.2) is 33.7 Å². The molecule has 0 bridgehead atoms. The number of anilines is 1. The van der Waals surface area contributed by atoms with Gasteiger partial charge in [0, 0.05) is 29.3 Å². The minimum Gasteiger partial charge on any atom is -0.442 e. The number of benzene rings is 1. The minimum absolute atomic E-state index is 0.427. The highest BCUT2D eigenvalue weighted by Crippen LogP contribution is 2.40. The summed E-state index contributed by atoms with van der Waals surface area (Å²) in [5.41, 5.74) is 2.52. The number of carbonyl (C=O) groups excluding carboxylic acids is 1. The lowest BCUT2D eigenvalue weighted by Gasteiger charge is -2.26. The van der Waals surface area contributed by atoms with Gasteiger partial charge in [-0.1, -0.05) is 6.07 Å². The fraction of sp³-hybridized carbons (Fsp3) is 0.435. The topological polar surface area (TPSA) is 96.7 Å². The maximum atomic E-state index is 12.7. The number of nitrogens with one attached hydrogen (secondary N) is 1. The Hall–Kier alpha value is -3.65. The van der Waals surface area contributed by atoms with Gasteiger partial charge in [-0.2, -0.15) is 9.94 Å². The van der Waals surface area contributed by atoms with Crippen molar-refractivity contribution in [2.45, 2.75) is 53.1 Å². The Kier molecular flexibility index (Phi) is 5.85. The molecule has 8 nitrogen and oxygen atoms in total. The number of allylic oxidation sites excluding steroid dienone is 2. The van der Waals surface area contributed by atoms with Gasteiger partial charge in [-0.3, -0.25) is 4.99 Å². The summed E-state index contributed by atoms with van der Waals surface area (Å²) in [4.78, 5) is 20.8. The van der Waals surface area contributed by atoms with Crippen LogP contribution in [0.3, 0.4) is 0 Å². The molecule has 2 unspecified atom stereocenters. The van der Waals surface area contributed by atoms with Crippen LogP contribution in [0.15, 0.2) is 34.6 Å². The van der Waals surface area contributed by atoms with Gasteiger partial charge >= 0.3 is 6.09 Å². The first-order valence-corrected chi connectivity index (χ1v) is 10.1. The van der Waals surface area contributed by atoms with Crippen molar-refractivity contribution in [1.29, 1.82) is 5.26 Å². The lowest BCUT2D eigenvalue weighted by atomic mass is 9.79. The maximum Gasteiger partial charge on any atom is 0.435 e. The van der Waals surface area contributed by atoms with Gasteiger partial charge in [-0.05, 0) is 59.2 Å². The fourth-order valence-corrected chi connectivity index (χ4v) is 3.76. The Bertz CT molecular complexity index is 1180. The van der Waals surface area contributed by atoms with Crippen LogP contribution in [0.2, 0.25) is 0 Å². The number of fused-ring (bicyclic) bond motifs is 1. The van der Waals surface area contributed by atoms with Gasteiger partial charge in [0.05, 0.1) is 24.1 Å². The van der Waals surface area contributed by atoms with Gasteiger partial charge in [-0.25, -0.2) is 9.64 Å². The molecule has 1 aromatic carbocycles. The molecule has 8 heteroatoms. The Morgan fingerprint density at radius 3 is 2.68 bits per heavy atom. The maximum absolute atomic E-state index is 12.7. The number of hydrogen-bond donors (Lipinski definition) is 1. The van der Waals surface area contributed by atoms with Crippen LogP contribution < -0.4 is 5.32 Å². The van der Waals surface area contributed by atoms with Crippen molar-refractivity contribution in [1.82, 2.24) is 9.78 Å². The van der Waals surface area contributed by atoms with Crippen LogP contribution in [0.1, 0.15) is 53.0 Å². The molecule has 0 saturated carbocycles. The van der Waals surface area contributed by atoms with Gasteiger partial charge in [0.1, 0.15) is 5.60 Å². The Labute approximate surface area is 182 Å². The molecule has 0 spiro atoms. The first-order valence-electron chi connectivity index (χ1n) is 10.1. The second kappa shape index (κ2) is 8.23. The smallest absolute Gasteiger partial charge is 0.435 e. The van der Waals surface area contributed by atoms with Crippen molar-refractivity contribution < 1.29 is 9.53 Å². The van der Waals surface area contributed by atoms with Gasteiger partial charge in [0.25, 0.3) is 0 Å². The number of hydrogen-bond acceptors (Lipinski definition) is 6. The standard InChI is InChI=1S/C23H26N6O2/c1-8-26-21-16-11-15(19-17(12-24)13(2)27-14(3)20(19)25-7)9-10-18(16)29(28-21)22(30)31-23(4,5)6/h9-11,17,19H,8H2,1-6H3,(H,26,28). The Morgan fingerprint density at radius 1 is 1.39 bits per heavy atom. The van der Waals surface area contributed by atoms with Crippen LogP contribution in [0, 0.1) is 23.8 Å². The molecule has 2 aromatic rings.